The summed E-state index contributed by atoms with van der Waals surface area (Å²) in [5.41, 5.74) is 1.80. The summed E-state index contributed by atoms with van der Waals surface area (Å²) in [6.45, 7) is 2.84. The summed E-state index contributed by atoms with van der Waals surface area (Å²) in [6, 6.07) is 15.4. The van der Waals surface area contributed by atoms with Crippen LogP contribution in [0.15, 0.2) is 58.5 Å². The number of rotatable bonds is 8. The molecular formula is C24H27N3O3S. The fourth-order valence-corrected chi connectivity index (χ4v) is 4.85. The molecular weight excluding hydrogens is 410 g/mol. The zero-order chi connectivity index (χ0) is 21.6. The molecule has 2 aromatic carbocycles. The maximum absolute atomic E-state index is 13.1. The number of ether oxygens (including phenoxy) is 1. The molecule has 0 unspecified atom stereocenters. The Morgan fingerprint density at radius 2 is 2.00 bits per heavy atom. The van der Waals surface area contributed by atoms with E-state index < -0.39 is 0 Å². The maximum atomic E-state index is 13.1. The van der Waals surface area contributed by atoms with Gasteiger partial charge < -0.3 is 10.1 Å². The van der Waals surface area contributed by atoms with Crippen LogP contribution in [0.1, 0.15) is 37.3 Å². The Morgan fingerprint density at radius 3 is 2.81 bits per heavy atom. The van der Waals surface area contributed by atoms with E-state index in [-0.39, 0.29) is 23.3 Å². The number of fused-ring (bicyclic) bond motifs is 1. The van der Waals surface area contributed by atoms with Gasteiger partial charge in [0, 0.05) is 6.04 Å². The number of para-hydroxylation sites is 1. The molecule has 1 aliphatic rings. The lowest BCUT2D eigenvalue weighted by molar-refractivity contribution is -0.118. The van der Waals surface area contributed by atoms with Gasteiger partial charge in [0.25, 0.3) is 5.56 Å². The molecule has 1 N–H and O–H groups in total. The average molecular weight is 438 g/mol. The van der Waals surface area contributed by atoms with Gasteiger partial charge in [0.05, 0.1) is 23.2 Å². The number of aryl methyl sites for hydroxylation is 1. The van der Waals surface area contributed by atoms with Gasteiger partial charge in [-0.15, -0.1) is 0 Å². The monoisotopic (exact) mass is 437 g/mol. The van der Waals surface area contributed by atoms with Gasteiger partial charge >= 0.3 is 0 Å². The molecule has 1 heterocycles. The molecule has 6 nitrogen and oxygen atoms in total. The van der Waals surface area contributed by atoms with Crippen molar-refractivity contribution in [2.75, 3.05) is 18.9 Å². The molecule has 1 aromatic heterocycles. The van der Waals surface area contributed by atoms with Gasteiger partial charge in [0.1, 0.15) is 12.4 Å². The molecule has 0 atom stereocenters. The van der Waals surface area contributed by atoms with E-state index in [0.717, 1.165) is 37.0 Å². The van der Waals surface area contributed by atoms with Crippen LogP contribution in [0.25, 0.3) is 10.9 Å². The van der Waals surface area contributed by atoms with Gasteiger partial charge in [-0.2, -0.15) is 0 Å². The summed E-state index contributed by atoms with van der Waals surface area (Å²) < 4.78 is 7.48. The highest BCUT2D eigenvalue weighted by Crippen LogP contribution is 2.32. The fraction of sp³-hybridized carbons (Fsp3) is 0.375. The lowest BCUT2D eigenvalue weighted by atomic mass is 10.2. The summed E-state index contributed by atoms with van der Waals surface area (Å²) in [4.78, 5) is 30.2. The van der Waals surface area contributed by atoms with Gasteiger partial charge in [-0.05, 0) is 49.6 Å². The number of aromatic nitrogens is 2. The third-order valence-corrected chi connectivity index (χ3v) is 6.43. The molecule has 0 aliphatic heterocycles. The molecule has 1 amide bonds. The number of thioether (sulfide) groups is 1. The first kappa shape index (κ1) is 21.4. The number of hydrogen-bond acceptors (Lipinski definition) is 5. The van der Waals surface area contributed by atoms with Crippen molar-refractivity contribution in [2.45, 2.75) is 43.8 Å². The number of carbonyl (C=O) groups is 1. The molecule has 1 aliphatic carbocycles. The van der Waals surface area contributed by atoms with Gasteiger partial charge in [-0.1, -0.05) is 48.9 Å². The Morgan fingerprint density at radius 1 is 1.19 bits per heavy atom. The Bertz CT molecular complexity index is 1120. The standard InChI is InChI=1S/C24H27N3O3S/c1-17-7-6-10-19(15-17)30-14-13-25-22(28)16-31-24-26-21-12-5-4-11-20(21)23(29)27(24)18-8-2-3-9-18/h4-7,10-12,15,18H,2-3,8-9,13-14,16H2,1H3,(H,25,28). The minimum atomic E-state index is -0.0989. The van der Waals surface area contributed by atoms with Crippen molar-refractivity contribution in [2.24, 2.45) is 0 Å². The van der Waals surface area contributed by atoms with E-state index in [4.69, 9.17) is 9.72 Å². The molecule has 0 saturated heterocycles. The number of nitrogens with zero attached hydrogens (tertiary/aromatic N) is 2. The van der Waals surface area contributed by atoms with E-state index in [1.54, 1.807) is 0 Å². The minimum Gasteiger partial charge on any atom is -0.492 e. The highest BCUT2D eigenvalue weighted by molar-refractivity contribution is 7.99. The van der Waals surface area contributed by atoms with Crippen molar-refractivity contribution in [1.29, 1.82) is 0 Å². The SMILES string of the molecule is Cc1cccc(OCCNC(=O)CSc2nc3ccccc3c(=O)n2C2CCCC2)c1. The van der Waals surface area contributed by atoms with Gasteiger partial charge in [0.15, 0.2) is 5.16 Å². The normalized spacial score (nSPS) is 14.1. The minimum absolute atomic E-state index is 0.00744. The van der Waals surface area contributed by atoms with Crippen LogP contribution >= 0.6 is 11.8 Å². The van der Waals surface area contributed by atoms with Gasteiger partial charge in [-0.3, -0.25) is 14.2 Å². The highest BCUT2D eigenvalue weighted by Gasteiger charge is 2.23. The van der Waals surface area contributed by atoms with Crippen LogP contribution in [-0.2, 0) is 4.79 Å². The summed E-state index contributed by atoms with van der Waals surface area (Å²) >= 11 is 1.33. The van der Waals surface area contributed by atoms with Crippen LogP contribution in [0.4, 0.5) is 0 Å². The van der Waals surface area contributed by atoms with Crippen LogP contribution < -0.4 is 15.6 Å². The van der Waals surface area contributed by atoms with Crippen LogP contribution in [-0.4, -0.2) is 34.4 Å². The summed E-state index contributed by atoms with van der Waals surface area (Å²) in [6.07, 6.45) is 4.21. The maximum Gasteiger partial charge on any atom is 0.262 e. The molecule has 0 spiro atoms. The Labute approximate surface area is 186 Å². The molecule has 4 rings (SSSR count). The van der Waals surface area contributed by atoms with Crippen molar-refractivity contribution in [1.82, 2.24) is 14.9 Å². The third kappa shape index (κ3) is 5.28. The Balaban J connectivity index is 1.38. The van der Waals surface area contributed by atoms with Crippen LogP contribution in [0, 0.1) is 6.92 Å². The molecule has 0 radical (unpaired) electrons. The molecule has 31 heavy (non-hydrogen) atoms. The Kier molecular flexibility index (Phi) is 6.92. The molecule has 0 bridgehead atoms. The Hall–Kier alpha value is -2.80. The lowest BCUT2D eigenvalue weighted by Crippen LogP contribution is -2.30. The van der Waals surface area contributed by atoms with Crippen molar-refractivity contribution < 1.29 is 9.53 Å². The van der Waals surface area contributed by atoms with E-state index in [0.29, 0.717) is 29.2 Å². The van der Waals surface area contributed by atoms with E-state index in [1.807, 2.05) is 60.0 Å². The summed E-state index contributed by atoms with van der Waals surface area (Å²) in [5, 5.41) is 4.14. The second-order valence-electron chi connectivity index (χ2n) is 7.83. The average Bonchev–Trinajstić information content (AvgIpc) is 3.30. The largest absolute Gasteiger partial charge is 0.492 e. The van der Waals surface area contributed by atoms with E-state index >= 15 is 0 Å². The quantitative estimate of drug-likeness (QED) is 0.326. The van der Waals surface area contributed by atoms with E-state index in [9.17, 15) is 9.59 Å². The predicted octanol–water partition coefficient (Wildman–Crippen LogP) is 4.11. The topological polar surface area (TPSA) is 73.2 Å². The number of nitrogens with one attached hydrogen (secondary N) is 1. The van der Waals surface area contributed by atoms with Crippen molar-refractivity contribution in [3.05, 3.63) is 64.4 Å². The van der Waals surface area contributed by atoms with E-state index in [2.05, 4.69) is 5.32 Å². The number of amides is 1. The number of hydrogen-bond donors (Lipinski definition) is 1. The zero-order valence-electron chi connectivity index (χ0n) is 17.7. The fourth-order valence-electron chi connectivity index (χ4n) is 3.96. The second kappa shape index (κ2) is 10.0. The van der Waals surface area contributed by atoms with Crippen molar-refractivity contribution >= 4 is 28.6 Å². The summed E-state index contributed by atoms with van der Waals surface area (Å²) in [7, 11) is 0. The molecule has 1 fully saturated rings. The molecule has 3 aromatic rings. The van der Waals surface area contributed by atoms with Crippen LogP contribution in [0.5, 0.6) is 5.75 Å². The van der Waals surface area contributed by atoms with Crippen LogP contribution in [0.2, 0.25) is 0 Å². The van der Waals surface area contributed by atoms with Crippen molar-refractivity contribution in [3.63, 3.8) is 0 Å². The first-order chi connectivity index (χ1) is 15.1. The van der Waals surface area contributed by atoms with Gasteiger partial charge in [0.2, 0.25) is 5.91 Å². The first-order valence-corrected chi connectivity index (χ1v) is 11.7. The summed E-state index contributed by atoms with van der Waals surface area (Å²) in [5.74, 6) is 0.907. The third-order valence-electron chi connectivity index (χ3n) is 5.48. The first-order valence-electron chi connectivity index (χ1n) is 10.7. The second-order valence-corrected chi connectivity index (χ2v) is 8.77. The van der Waals surface area contributed by atoms with Crippen molar-refractivity contribution in [3.8, 4) is 5.75 Å². The van der Waals surface area contributed by atoms with Gasteiger partial charge in [-0.25, -0.2) is 4.98 Å². The smallest absolute Gasteiger partial charge is 0.262 e. The highest BCUT2D eigenvalue weighted by atomic mass is 32.2. The van der Waals surface area contributed by atoms with E-state index in [1.165, 1.54) is 11.8 Å². The number of benzene rings is 2. The van der Waals surface area contributed by atoms with Crippen LogP contribution in [0.3, 0.4) is 0 Å². The predicted molar refractivity (Wildman–Crippen MR) is 124 cm³/mol. The molecule has 162 valence electrons. The lowest BCUT2D eigenvalue weighted by Gasteiger charge is -2.18. The zero-order valence-corrected chi connectivity index (χ0v) is 18.5. The number of carbonyl (C=O) groups excluding carboxylic acids is 1. The molecule has 7 heteroatoms. The molecule has 1 saturated carbocycles.